The lowest BCUT2D eigenvalue weighted by Crippen LogP contribution is -2.48. The highest BCUT2D eigenvalue weighted by Crippen LogP contribution is 2.10. The second-order valence-corrected chi connectivity index (χ2v) is 5.37. The van der Waals surface area contributed by atoms with Gasteiger partial charge in [0.25, 0.3) is 0 Å². The van der Waals surface area contributed by atoms with Gasteiger partial charge in [-0.3, -0.25) is 4.79 Å². The number of hydrogen-bond acceptors (Lipinski definition) is 2. The molecule has 1 heterocycles. The van der Waals surface area contributed by atoms with E-state index in [4.69, 9.17) is 0 Å². The molecule has 0 saturated carbocycles. The Hall–Kier alpha value is -1.35. The Kier molecular flexibility index (Phi) is 5.40. The van der Waals surface area contributed by atoms with Gasteiger partial charge in [-0.05, 0) is 37.9 Å². The molecule has 1 fully saturated rings. The van der Waals surface area contributed by atoms with Crippen LogP contribution < -0.4 is 5.32 Å². The molecule has 0 aromatic heterocycles. The quantitative estimate of drug-likeness (QED) is 0.880. The third-order valence-electron chi connectivity index (χ3n) is 3.62. The zero-order chi connectivity index (χ0) is 13.5. The summed E-state index contributed by atoms with van der Waals surface area (Å²) >= 11 is 0. The first-order valence-corrected chi connectivity index (χ1v) is 7.33. The van der Waals surface area contributed by atoms with Crippen molar-refractivity contribution in [1.29, 1.82) is 0 Å². The van der Waals surface area contributed by atoms with Gasteiger partial charge >= 0.3 is 0 Å². The van der Waals surface area contributed by atoms with Crippen LogP contribution in [0.2, 0.25) is 0 Å². The summed E-state index contributed by atoms with van der Waals surface area (Å²) in [6.45, 7) is 5.54. The summed E-state index contributed by atoms with van der Waals surface area (Å²) in [7, 11) is 0. The molecule has 1 atom stereocenters. The molecule has 0 spiro atoms. The number of carbonyl (C=O) groups excluding carboxylic acids is 1. The number of hydrogen-bond donors (Lipinski definition) is 1. The van der Waals surface area contributed by atoms with Crippen LogP contribution in [0.3, 0.4) is 0 Å². The van der Waals surface area contributed by atoms with Crippen molar-refractivity contribution in [3.63, 3.8) is 0 Å². The lowest BCUT2D eigenvalue weighted by Gasteiger charge is -2.32. The van der Waals surface area contributed by atoms with Gasteiger partial charge < -0.3 is 10.2 Å². The molecule has 1 aromatic carbocycles. The number of piperidine rings is 1. The van der Waals surface area contributed by atoms with Crippen molar-refractivity contribution in [3.8, 4) is 0 Å². The predicted molar refractivity (Wildman–Crippen MR) is 78.0 cm³/mol. The van der Waals surface area contributed by atoms with E-state index in [0.29, 0.717) is 12.5 Å². The molecule has 19 heavy (non-hydrogen) atoms. The SMILES string of the molecule is CCCN1CCCC(NC(=O)Cc2ccccc2)C1. The molecular formula is C16H24N2O. The summed E-state index contributed by atoms with van der Waals surface area (Å²) < 4.78 is 0. The van der Waals surface area contributed by atoms with Crippen LogP contribution in [0.25, 0.3) is 0 Å². The van der Waals surface area contributed by atoms with E-state index in [2.05, 4.69) is 17.1 Å². The highest BCUT2D eigenvalue weighted by molar-refractivity contribution is 5.78. The number of amides is 1. The molecule has 3 nitrogen and oxygen atoms in total. The number of nitrogens with one attached hydrogen (secondary N) is 1. The number of likely N-dealkylation sites (tertiary alicyclic amines) is 1. The van der Waals surface area contributed by atoms with Crippen molar-refractivity contribution in [3.05, 3.63) is 35.9 Å². The average molecular weight is 260 g/mol. The monoisotopic (exact) mass is 260 g/mol. The molecule has 1 aliphatic heterocycles. The smallest absolute Gasteiger partial charge is 0.224 e. The zero-order valence-electron chi connectivity index (χ0n) is 11.8. The van der Waals surface area contributed by atoms with E-state index in [1.54, 1.807) is 0 Å². The second kappa shape index (κ2) is 7.29. The van der Waals surface area contributed by atoms with E-state index in [9.17, 15) is 4.79 Å². The molecule has 1 aliphatic rings. The molecule has 104 valence electrons. The highest BCUT2D eigenvalue weighted by atomic mass is 16.1. The van der Waals surface area contributed by atoms with Crippen molar-refractivity contribution >= 4 is 5.91 Å². The fourth-order valence-electron chi connectivity index (χ4n) is 2.75. The van der Waals surface area contributed by atoms with Gasteiger partial charge in [-0.1, -0.05) is 37.3 Å². The predicted octanol–water partition coefficient (Wildman–Crippen LogP) is 2.22. The summed E-state index contributed by atoms with van der Waals surface area (Å²) in [6.07, 6.45) is 3.98. The molecule has 1 amide bonds. The Morgan fingerprint density at radius 1 is 1.37 bits per heavy atom. The first-order chi connectivity index (χ1) is 9.28. The van der Waals surface area contributed by atoms with Gasteiger partial charge in [0.05, 0.1) is 6.42 Å². The topological polar surface area (TPSA) is 32.3 Å². The van der Waals surface area contributed by atoms with Crippen molar-refractivity contribution in [2.24, 2.45) is 0 Å². The summed E-state index contributed by atoms with van der Waals surface area (Å²) in [5.41, 5.74) is 1.08. The van der Waals surface area contributed by atoms with Gasteiger partial charge in [-0.15, -0.1) is 0 Å². The van der Waals surface area contributed by atoms with Crippen LogP contribution >= 0.6 is 0 Å². The summed E-state index contributed by atoms with van der Waals surface area (Å²) in [4.78, 5) is 14.5. The molecule has 1 unspecified atom stereocenters. The normalized spacial score (nSPS) is 20.2. The Labute approximate surface area is 116 Å². The minimum atomic E-state index is 0.148. The maximum atomic E-state index is 12.0. The highest BCUT2D eigenvalue weighted by Gasteiger charge is 2.20. The third-order valence-corrected chi connectivity index (χ3v) is 3.62. The van der Waals surface area contributed by atoms with Gasteiger partial charge in [-0.25, -0.2) is 0 Å². The van der Waals surface area contributed by atoms with Gasteiger partial charge in [0.1, 0.15) is 0 Å². The summed E-state index contributed by atoms with van der Waals surface area (Å²) in [5, 5.41) is 3.18. The van der Waals surface area contributed by atoms with Crippen molar-refractivity contribution in [2.75, 3.05) is 19.6 Å². The molecule has 0 radical (unpaired) electrons. The minimum Gasteiger partial charge on any atom is -0.352 e. The summed E-state index contributed by atoms with van der Waals surface area (Å²) in [6, 6.07) is 10.3. The van der Waals surface area contributed by atoms with Crippen molar-refractivity contribution in [1.82, 2.24) is 10.2 Å². The molecule has 0 bridgehead atoms. The van der Waals surface area contributed by atoms with E-state index in [1.807, 2.05) is 30.3 Å². The van der Waals surface area contributed by atoms with Crippen LogP contribution in [-0.4, -0.2) is 36.5 Å². The van der Waals surface area contributed by atoms with Gasteiger partial charge in [-0.2, -0.15) is 0 Å². The number of benzene rings is 1. The van der Waals surface area contributed by atoms with E-state index in [-0.39, 0.29) is 5.91 Å². The third kappa shape index (κ3) is 4.67. The van der Waals surface area contributed by atoms with Crippen LogP contribution in [0.1, 0.15) is 31.7 Å². The Bertz CT molecular complexity index is 389. The van der Waals surface area contributed by atoms with Crippen LogP contribution in [0, 0.1) is 0 Å². The van der Waals surface area contributed by atoms with Crippen LogP contribution in [0.5, 0.6) is 0 Å². The standard InChI is InChI=1S/C16H24N2O/c1-2-10-18-11-6-9-15(13-18)17-16(19)12-14-7-4-3-5-8-14/h3-5,7-8,15H,2,6,9-13H2,1H3,(H,17,19). The van der Waals surface area contributed by atoms with Gasteiger partial charge in [0.15, 0.2) is 0 Å². The molecule has 1 aromatic rings. The molecule has 1 saturated heterocycles. The molecule has 2 rings (SSSR count). The van der Waals surface area contributed by atoms with E-state index >= 15 is 0 Å². The Morgan fingerprint density at radius 2 is 2.16 bits per heavy atom. The lowest BCUT2D eigenvalue weighted by molar-refractivity contribution is -0.121. The van der Waals surface area contributed by atoms with Crippen molar-refractivity contribution in [2.45, 2.75) is 38.6 Å². The van der Waals surface area contributed by atoms with E-state index < -0.39 is 0 Å². The second-order valence-electron chi connectivity index (χ2n) is 5.37. The van der Waals surface area contributed by atoms with Crippen LogP contribution in [-0.2, 0) is 11.2 Å². The fourth-order valence-corrected chi connectivity index (χ4v) is 2.75. The molecule has 1 N–H and O–H groups in total. The number of rotatable bonds is 5. The van der Waals surface area contributed by atoms with E-state index in [0.717, 1.165) is 25.1 Å². The fraction of sp³-hybridized carbons (Fsp3) is 0.562. The zero-order valence-corrected chi connectivity index (χ0v) is 11.8. The Morgan fingerprint density at radius 3 is 2.89 bits per heavy atom. The molecule has 3 heteroatoms. The van der Waals surface area contributed by atoms with Gasteiger partial charge in [0.2, 0.25) is 5.91 Å². The molecule has 0 aliphatic carbocycles. The first-order valence-electron chi connectivity index (χ1n) is 7.33. The van der Waals surface area contributed by atoms with Crippen LogP contribution in [0.4, 0.5) is 0 Å². The van der Waals surface area contributed by atoms with Gasteiger partial charge in [0, 0.05) is 12.6 Å². The number of carbonyl (C=O) groups is 1. The van der Waals surface area contributed by atoms with Crippen LogP contribution in [0.15, 0.2) is 30.3 Å². The maximum absolute atomic E-state index is 12.0. The van der Waals surface area contributed by atoms with E-state index in [1.165, 1.54) is 19.4 Å². The summed E-state index contributed by atoms with van der Waals surface area (Å²) in [5.74, 6) is 0.148. The largest absolute Gasteiger partial charge is 0.352 e. The number of nitrogens with zero attached hydrogens (tertiary/aromatic N) is 1. The molecular weight excluding hydrogens is 236 g/mol. The lowest BCUT2D eigenvalue weighted by atomic mass is 10.0. The van der Waals surface area contributed by atoms with Crippen molar-refractivity contribution < 1.29 is 4.79 Å². The minimum absolute atomic E-state index is 0.148. The Balaban J connectivity index is 1.78. The average Bonchev–Trinajstić information content (AvgIpc) is 2.40. The first kappa shape index (κ1) is 14.1. The maximum Gasteiger partial charge on any atom is 0.224 e.